The van der Waals surface area contributed by atoms with Gasteiger partial charge >= 0.3 is 0 Å². The molecule has 1 aliphatic heterocycles. The van der Waals surface area contributed by atoms with Crippen LogP contribution in [0, 0.1) is 0 Å². The zero-order chi connectivity index (χ0) is 14.5. The van der Waals surface area contributed by atoms with E-state index in [1.807, 2.05) is 22.7 Å². The lowest BCUT2D eigenvalue weighted by molar-refractivity contribution is 0.0710. The van der Waals surface area contributed by atoms with Crippen LogP contribution in [-0.2, 0) is 0 Å². The molecule has 0 saturated carbocycles. The van der Waals surface area contributed by atoms with Crippen molar-refractivity contribution in [2.24, 2.45) is 0 Å². The predicted molar refractivity (Wildman–Crippen MR) is 85.9 cm³/mol. The molecule has 1 aromatic rings. The molecular formula is C14H20ClN3OS. The van der Waals surface area contributed by atoms with Crippen molar-refractivity contribution in [1.82, 2.24) is 9.88 Å². The number of aromatic nitrogens is 1. The Balaban J connectivity index is 2.19. The molecule has 0 aliphatic carbocycles. The van der Waals surface area contributed by atoms with Gasteiger partial charge in [-0.3, -0.25) is 4.79 Å². The summed E-state index contributed by atoms with van der Waals surface area (Å²) in [5.74, 6) is 2.58. The van der Waals surface area contributed by atoms with Crippen LogP contribution in [0.2, 0.25) is 5.02 Å². The van der Waals surface area contributed by atoms with E-state index in [2.05, 4.69) is 24.1 Å². The van der Waals surface area contributed by atoms with E-state index in [4.69, 9.17) is 11.6 Å². The molecule has 1 saturated heterocycles. The molecule has 1 atom stereocenters. The molecule has 1 aliphatic rings. The minimum atomic E-state index is -0.0667. The topological polar surface area (TPSA) is 45.2 Å². The zero-order valence-electron chi connectivity index (χ0n) is 11.9. The van der Waals surface area contributed by atoms with Gasteiger partial charge in [-0.25, -0.2) is 4.98 Å². The van der Waals surface area contributed by atoms with Crippen molar-refractivity contribution in [2.75, 3.05) is 29.9 Å². The van der Waals surface area contributed by atoms with Crippen LogP contribution in [0.15, 0.2) is 12.1 Å². The van der Waals surface area contributed by atoms with Crippen molar-refractivity contribution in [3.8, 4) is 0 Å². The predicted octanol–water partition coefficient (Wildman–Crippen LogP) is 3.13. The van der Waals surface area contributed by atoms with Crippen molar-refractivity contribution in [1.29, 1.82) is 0 Å². The number of hydrogen-bond donors (Lipinski definition) is 1. The Labute approximate surface area is 129 Å². The minimum Gasteiger partial charge on any atom is -0.370 e. The number of carbonyl (C=O) groups is 1. The van der Waals surface area contributed by atoms with E-state index in [0.717, 1.165) is 31.0 Å². The summed E-state index contributed by atoms with van der Waals surface area (Å²) in [7, 11) is 0. The number of rotatable bonds is 4. The van der Waals surface area contributed by atoms with E-state index in [0.29, 0.717) is 16.5 Å². The van der Waals surface area contributed by atoms with Crippen molar-refractivity contribution in [3.05, 3.63) is 22.8 Å². The number of nitrogens with zero attached hydrogens (tertiary/aromatic N) is 2. The standard InChI is InChI=1S/C14H20ClN3OS/c1-3-6-16-12-5-4-11(15)13(17-12)14(19)18-7-8-20-9-10(18)2/h4-5,10H,3,6-9H2,1-2H3,(H,16,17). The summed E-state index contributed by atoms with van der Waals surface area (Å²) in [5.41, 5.74) is 0.353. The molecule has 2 heterocycles. The maximum atomic E-state index is 12.6. The second-order valence-corrected chi connectivity index (χ2v) is 6.43. The van der Waals surface area contributed by atoms with Gasteiger partial charge in [-0.15, -0.1) is 0 Å². The summed E-state index contributed by atoms with van der Waals surface area (Å²) in [4.78, 5) is 18.8. The van der Waals surface area contributed by atoms with Gasteiger partial charge in [0.2, 0.25) is 0 Å². The molecule has 0 aromatic carbocycles. The normalized spacial score (nSPS) is 18.9. The lowest BCUT2D eigenvalue weighted by Crippen LogP contribution is -2.44. The molecule has 0 spiro atoms. The number of pyridine rings is 1. The first-order valence-corrected chi connectivity index (χ1v) is 8.46. The zero-order valence-corrected chi connectivity index (χ0v) is 13.4. The van der Waals surface area contributed by atoms with Gasteiger partial charge in [-0.1, -0.05) is 18.5 Å². The van der Waals surface area contributed by atoms with Crippen LogP contribution in [0.4, 0.5) is 5.82 Å². The summed E-state index contributed by atoms with van der Waals surface area (Å²) < 4.78 is 0. The SMILES string of the molecule is CCCNc1ccc(Cl)c(C(=O)N2CCSCC2C)n1. The molecule has 2 rings (SSSR count). The monoisotopic (exact) mass is 313 g/mol. The second-order valence-electron chi connectivity index (χ2n) is 4.88. The van der Waals surface area contributed by atoms with Crippen molar-refractivity contribution in [2.45, 2.75) is 26.3 Å². The molecule has 0 bridgehead atoms. The molecule has 1 N–H and O–H groups in total. The summed E-state index contributed by atoms with van der Waals surface area (Å²) >= 11 is 8.03. The Bertz CT molecular complexity index is 483. The van der Waals surface area contributed by atoms with Crippen LogP contribution >= 0.6 is 23.4 Å². The van der Waals surface area contributed by atoms with Gasteiger partial charge < -0.3 is 10.2 Å². The molecular weight excluding hydrogens is 294 g/mol. The van der Waals surface area contributed by atoms with Crippen LogP contribution in [0.1, 0.15) is 30.8 Å². The van der Waals surface area contributed by atoms with Crippen LogP contribution in [0.3, 0.4) is 0 Å². The highest BCUT2D eigenvalue weighted by Gasteiger charge is 2.27. The molecule has 110 valence electrons. The first-order valence-electron chi connectivity index (χ1n) is 6.92. The smallest absolute Gasteiger partial charge is 0.274 e. The number of nitrogens with one attached hydrogen (secondary N) is 1. The minimum absolute atomic E-state index is 0.0667. The van der Waals surface area contributed by atoms with Crippen LogP contribution in [0.25, 0.3) is 0 Å². The highest BCUT2D eigenvalue weighted by atomic mass is 35.5. The Morgan fingerprint density at radius 3 is 3.10 bits per heavy atom. The quantitative estimate of drug-likeness (QED) is 0.927. The van der Waals surface area contributed by atoms with E-state index in [1.165, 1.54) is 0 Å². The average Bonchev–Trinajstić information content (AvgIpc) is 2.46. The molecule has 1 fully saturated rings. The van der Waals surface area contributed by atoms with Crippen molar-refractivity contribution >= 4 is 35.1 Å². The van der Waals surface area contributed by atoms with Crippen LogP contribution < -0.4 is 5.32 Å². The lowest BCUT2D eigenvalue weighted by atomic mass is 10.2. The Kier molecular flexibility index (Phi) is 5.54. The van der Waals surface area contributed by atoms with Gasteiger partial charge in [-0.05, 0) is 25.5 Å². The van der Waals surface area contributed by atoms with E-state index in [-0.39, 0.29) is 11.9 Å². The Morgan fingerprint density at radius 2 is 2.40 bits per heavy atom. The average molecular weight is 314 g/mol. The summed E-state index contributed by atoms with van der Waals surface area (Å²) in [6.45, 7) is 5.74. The third kappa shape index (κ3) is 3.58. The summed E-state index contributed by atoms with van der Waals surface area (Å²) in [5, 5.41) is 3.61. The highest BCUT2D eigenvalue weighted by Crippen LogP contribution is 2.23. The molecule has 6 heteroatoms. The van der Waals surface area contributed by atoms with Gasteiger partial charge in [0, 0.05) is 30.6 Å². The van der Waals surface area contributed by atoms with Gasteiger partial charge in [-0.2, -0.15) is 11.8 Å². The van der Waals surface area contributed by atoms with Crippen molar-refractivity contribution in [3.63, 3.8) is 0 Å². The molecule has 20 heavy (non-hydrogen) atoms. The molecule has 0 radical (unpaired) electrons. The second kappa shape index (κ2) is 7.18. The Morgan fingerprint density at radius 1 is 1.60 bits per heavy atom. The largest absolute Gasteiger partial charge is 0.370 e. The van der Waals surface area contributed by atoms with E-state index < -0.39 is 0 Å². The number of halogens is 1. The number of anilines is 1. The molecule has 4 nitrogen and oxygen atoms in total. The maximum absolute atomic E-state index is 12.6. The van der Waals surface area contributed by atoms with Crippen molar-refractivity contribution < 1.29 is 4.79 Å². The highest BCUT2D eigenvalue weighted by molar-refractivity contribution is 7.99. The maximum Gasteiger partial charge on any atom is 0.274 e. The first kappa shape index (κ1) is 15.4. The first-order chi connectivity index (χ1) is 9.63. The van der Waals surface area contributed by atoms with E-state index >= 15 is 0 Å². The van der Waals surface area contributed by atoms with Crippen LogP contribution in [-0.4, -0.2) is 46.4 Å². The van der Waals surface area contributed by atoms with Gasteiger partial charge in [0.05, 0.1) is 5.02 Å². The summed E-state index contributed by atoms with van der Waals surface area (Å²) in [6.07, 6.45) is 1.01. The fourth-order valence-electron chi connectivity index (χ4n) is 2.11. The van der Waals surface area contributed by atoms with Gasteiger partial charge in [0.15, 0.2) is 0 Å². The fourth-order valence-corrected chi connectivity index (χ4v) is 3.31. The molecule has 1 aromatic heterocycles. The van der Waals surface area contributed by atoms with E-state index in [1.54, 1.807) is 6.07 Å². The van der Waals surface area contributed by atoms with Gasteiger partial charge in [0.25, 0.3) is 5.91 Å². The fraction of sp³-hybridized carbons (Fsp3) is 0.571. The third-order valence-electron chi connectivity index (χ3n) is 3.23. The molecule has 1 unspecified atom stereocenters. The number of hydrogen-bond acceptors (Lipinski definition) is 4. The number of amides is 1. The summed E-state index contributed by atoms with van der Waals surface area (Å²) in [6, 6.07) is 3.78. The number of carbonyl (C=O) groups excluding carboxylic acids is 1. The number of thioether (sulfide) groups is 1. The Hall–Kier alpha value is -0.940. The van der Waals surface area contributed by atoms with Gasteiger partial charge in [0.1, 0.15) is 11.5 Å². The van der Waals surface area contributed by atoms with Crippen LogP contribution in [0.5, 0.6) is 0 Å². The third-order valence-corrected chi connectivity index (χ3v) is 4.73. The lowest BCUT2D eigenvalue weighted by Gasteiger charge is -2.33. The van der Waals surface area contributed by atoms with E-state index in [9.17, 15) is 4.79 Å². The molecule has 1 amide bonds.